The van der Waals surface area contributed by atoms with Crippen LogP contribution in [0.15, 0.2) is 24.3 Å². The van der Waals surface area contributed by atoms with Gasteiger partial charge in [0.05, 0.1) is 19.7 Å². The van der Waals surface area contributed by atoms with E-state index < -0.39 is 24.3 Å². The summed E-state index contributed by atoms with van der Waals surface area (Å²) in [5.74, 6) is -0.755. The number of nitrogens with zero attached hydrogens (tertiary/aromatic N) is 3. The molecule has 0 aromatic heterocycles. The van der Waals surface area contributed by atoms with Crippen molar-refractivity contribution in [2.45, 2.75) is 52.4 Å². The minimum Gasteiger partial charge on any atom is -0.482 e. The summed E-state index contributed by atoms with van der Waals surface area (Å²) in [6, 6.07) is 6.57. The van der Waals surface area contributed by atoms with Crippen molar-refractivity contribution >= 4 is 42.1 Å². The molecule has 222 valence electrons. The number of carbonyl (C=O) groups is 5. The lowest BCUT2D eigenvalue weighted by atomic mass is 10.0. The number of piperidine rings is 1. The first-order valence-electron chi connectivity index (χ1n) is 13.3. The quantitative estimate of drug-likeness (QED) is 0.217. The molecule has 2 aliphatic rings. The van der Waals surface area contributed by atoms with Gasteiger partial charge in [-0.25, -0.2) is 9.59 Å². The number of rotatable bonds is 11. The van der Waals surface area contributed by atoms with Crippen LogP contribution in [-0.2, 0) is 28.6 Å². The molecule has 1 aromatic carbocycles. The van der Waals surface area contributed by atoms with Gasteiger partial charge in [-0.2, -0.15) is 0 Å². The average molecular weight is 584 g/mol. The molecule has 2 amide bonds. The monoisotopic (exact) mass is 583 g/mol. The number of halogens is 1. The molecule has 2 aliphatic heterocycles. The number of Topliss-reactive ketones (excluding diaryl/α,β-unsaturated/α-hetero) is 1. The fourth-order valence-corrected chi connectivity index (χ4v) is 4.47. The lowest BCUT2D eigenvalue weighted by Gasteiger charge is -2.42. The molecule has 2 saturated heterocycles. The van der Waals surface area contributed by atoms with Gasteiger partial charge < -0.3 is 28.7 Å². The van der Waals surface area contributed by atoms with Crippen LogP contribution in [0, 0.1) is 0 Å². The highest BCUT2D eigenvalue weighted by Gasteiger charge is 2.33. The molecule has 0 spiro atoms. The molecule has 2 heterocycles. The number of ether oxygens (including phenoxy) is 4. The topological polar surface area (TPSA) is 132 Å². The number of hydrogen-bond acceptors (Lipinski definition) is 10. The van der Waals surface area contributed by atoms with Gasteiger partial charge in [-0.1, -0.05) is 6.92 Å². The van der Waals surface area contributed by atoms with E-state index in [4.69, 9.17) is 18.9 Å². The summed E-state index contributed by atoms with van der Waals surface area (Å²) in [5, 5.41) is 0. The predicted molar refractivity (Wildman–Crippen MR) is 145 cm³/mol. The third kappa shape index (κ3) is 9.67. The van der Waals surface area contributed by atoms with E-state index in [-0.39, 0.29) is 62.9 Å². The van der Waals surface area contributed by atoms with Crippen molar-refractivity contribution in [1.29, 1.82) is 0 Å². The maximum atomic E-state index is 12.8. The first kappa shape index (κ1) is 32.8. The number of ketones is 1. The first-order valence-corrected chi connectivity index (χ1v) is 13.3. The SMILES string of the molecule is CCOC(=O)COc1ccc(C(=O)CN2CCN(C3CCN(C(=O)OC(C)OC(=O)CC)CC3)CC2=O)cc1.Cl. The van der Waals surface area contributed by atoms with Gasteiger partial charge in [0.1, 0.15) is 5.75 Å². The van der Waals surface area contributed by atoms with E-state index in [9.17, 15) is 24.0 Å². The molecule has 0 radical (unpaired) electrons. The maximum Gasteiger partial charge on any atom is 0.412 e. The number of benzene rings is 1. The third-order valence-corrected chi connectivity index (χ3v) is 6.61. The molecule has 1 atom stereocenters. The second-order valence-electron chi connectivity index (χ2n) is 9.34. The molecule has 12 nitrogen and oxygen atoms in total. The molecular weight excluding hydrogens is 546 g/mol. The van der Waals surface area contributed by atoms with E-state index in [2.05, 4.69) is 4.90 Å². The summed E-state index contributed by atoms with van der Waals surface area (Å²) in [6.45, 7) is 7.18. The summed E-state index contributed by atoms with van der Waals surface area (Å²) in [5.41, 5.74) is 0.451. The number of hydrogen-bond donors (Lipinski definition) is 0. The Labute approximate surface area is 240 Å². The Morgan fingerprint density at radius 2 is 1.62 bits per heavy atom. The molecular formula is C27H38ClN3O9. The largest absolute Gasteiger partial charge is 0.482 e. The first-order chi connectivity index (χ1) is 18.7. The van der Waals surface area contributed by atoms with E-state index in [1.165, 1.54) is 6.92 Å². The van der Waals surface area contributed by atoms with Crippen LogP contribution in [0.2, 0.25) is 0 Å². The van der Waals surface area contributed by atoms with Crippen LogP contribution in [0.5, 0.6) is 5.75 Å². The molecule has 1 unspecified atom stereocenters. The van der Waals surface area contributed by atoms with Crippen LogP contribution < -0.4 is 4.74 Å². The summed E-state index contributed by atoms with van der Waals surface area (Å²) in [4.78, 5) is 65.9. The third-order valence-electron chi connectivity index (χ3n) is 6.61. The standard InChI is InChI=1S/C27H37N3O9.ClH/c1-4-25(33)38-19(3)39-27(35)28-12-10-21(11-13-28)29-14-15-30(24(32)17-29)16-23(31)20-6-8-22(9-7-20)37-18-26(34)36-5-2;/h6-9,19,21H,4-5,10-18H2,1-3H3;1H. The Kier molecular flexibility index (Phi) is 13.1. The smallest absolute Gasteiger partial charge is 0.412 e. The van der Waals surface area contributed by atoms with E-state index in [1.807, 2.05) is 0 Å². The van der Waals surface area contributed by atoms with Crippen LogP contribution in [0.1, 0.15) is 50.4 Å². The van der Waals surface area contributed by atoms with Crippen LogP contribution in [-0.4, -0.2) is 109 Å². The van der Waals surface area contributed by atoms with Crippen molar-refractivity contribution < 1.29 is 42.9 Å². The zero-order valence-corrected chi connectivity index (χ0v) is 24.0. The van der Waals surface area contributed by atoms with Gasteiger partial charge in [-0.05, 0) is 44.0 Å². The molecule has 0 bridgehead atoms. The maximum absolute atomic E-state index is 12.8. The fraction of sp³-hybridized carbons (Fsp3) is 0.593. The zero-order chi connectivity index (χ0) is 28.4. The van der Waals surface area contributed by atoms with Gasteiger partial charge in [0.15, 0.2) is 12.4 Å². The van der Waals surface area contributed by atoms with Gasteiger partial charge >= 0.3 is 18.0 Å². The molecule has 1 aromatic rings. The lowest BCUT2D eigenvalue weighted by Crippen LogP contribution is -2.56. The van der Waals surface area contributed by atoms with Crippen LogP contribution in [0.25, 0.3) is 0 Å². The van der Waals surface area contributed by atoms with Crippen LogP contribution >= 0.6 is 12.4 Å². The average Bonchev–Trinajstić information content (AvgIpc) is 2.93. The second-order valence-corrected chi connectivity index (χ2v) is 9.34. The molecule has 0 saturated carbocycles. The van der Waals surface area contributed by atoms with Crippen molar-refractivity contribution in [2.75, 3.05) is 52.5 Å². The summed E-state index contributed by atoms with van der Waals surface area (Å²) in [6.07, 6.45) is 0.112. The zero-order valence-electron chi connectivity index (χ0n) is 23.2. The lowest BCUT2D eigenvalue weighted by molar-refractivity contribution is -0.166. The Morgan fingerprint density at radius 1 is 0.950 bits per heavy atom. The Bertz CT molecular complexity index is 1030. The van der Waals surface area contributed by atoms with E-state index in [0.29, 0.717) is 50.3 Å². The normalized spacial score (nSPS) is 16.9. The number of carbonyl (C=O) groups excluding carboxylic acids is 5. The Hall–Kier alpha value is -3.38. The van der Waals surface area contributed by atoms with E-state index >= 15 is 0 Å². The molecule has 0 aliphatic carbocycles. The number of likely N-dealkylation sites (tertiary alicyclic amines) is 1. The van der Waals surface area contributed by atoms with Gasteiger partial charge in [0.25, 0.3) is 0 Å². The summed E-state index contributed by atoms with van der Waals surface area (Å²) < 4.78 is 20.3. The van der Waals surface area contributed by atoms with Crippen molar-refractivity contribution in [1.82, 2.24) is 14.7 Å². The number of esters is 2. The number of piperazine rings is 1. The van der Waals surface area contributed by atoms with Crippen molar-refractivity contribution in [3.63, 3.8) is 0 Å². The van der Waals surface area contributed by atoms with E-state index in [0.717, 1.165) is 0 Å². The molecule has 13 heteroatoms. The van der Waals surface area contributed by atoms with Gasteiger partial charge in [-0.3, -0.25) is 19.3 Å². The Balaban J connectivity index is 0.00000560. The molecule has 0 N–H and O–H groups in total. The highest BCUT2D eigenvalue weighted by molar-refractivity contribution is 5.99. The molecule has 40 heavy (non-hydrogen) atoms. The Morgan fingerprint density at radius 3 is 2.23 bits per heavy atom. The predicted octanol–water partition coefficient (Wildman–Crippen LogP) is 2.28. The minimum atomic E-state index is -0.946. The van der Waals surface area contributed by atoms with Crippen LogP contribution in [0.3, 0.4) is 0 Å². The molecule has 2 fully saturated rings. The highest BCUT2D eigenvalue weighted by atomic mass is 35.5. The van der Waals surface area contributed by atoms with Crippen LogP contribution in [0.4, 0.5) is 4.79 Å². The minimum absolute atomic E-state index is 0. The summed E-state index contributed by atoms with van der Waals surface area (Å²) >= 11 is 0. The van der Waals surface area contributed by atoms with E-state index in [1.54, 1.807) is 47.9 Å². The van der Waals surface area contributed by atoms with Crippen molar-refractivity contribution in [3.05, 3.63) is 29.8 Å². The van der Waals surface area contributed by atoms with Gasteiger partial charge in [0.2, 0.25) is 12.2 Å². The van der Waals surface area contributed by atoms with Gasteiger partial charge in [0, 0.05) is 51.1 Å². The fourth-order valence-electron chi connectivity index (χ4n) is 4.47. The highest BCUT2D eigenvalue weighted by Crippen LogP contribution is 2.20. The summed E-state index contributed by atoms with van der Waals surface area (Å²) in [7, 11) is 0. The second kappa shape index (κ2) is 16.0. The number of amides is 2. The van der Waals surface area contributed by atoms with Gasteiger partial charge in [-0.15, -0.1) is 12.4 Å². The van der Waals surface area contributed by atoms with Crippen molar-refractivity contribution in [2.24, 2.45) is 0 Å². The van der Waals surface area contributed by atoms with Crippen molar-refractivity contribution in [3.8, 4) is 5.75 Å². The molecule has 3 rings (SSSR count).